The Hall–Kier alpha value is -0.0800. The van der Waals surface area contributed by atoms with Crippen molar-refractivity contribution in [3.8, 4) is 0 Å². The molecule has 0 aromatic rings. The number of rotatable bonds is 5. The van der Waals surface area contributed by atoms with E-state index in [1.54, 1.807) is 0 Å². The fourth-order valence-electron chi connectivity index (χ4n) is 4.02. The number of hydrogen-bond acceptors (Lipinski definition) is 2. The SMILES string of the molecule is CC1CC(C)C(C)N(CCCNC2CCCCC2)C1. The summed E-state index contributed by atoms with van der Waals surface area (Å²) in [6.07, 6.45) is 9.89. The van der Waals surface area contributed by atoms with E-state index in [9.17, 15) is 0 Å². The summed E-state index contributed by atoms with van der Waals surface area (Å²) in [5, 5.41) is 3.77. The largest absolute Gasteiger partial charge is 0.314 e. The van der Waals surface area contributed by atoms with Crippen molar-refractivity contribution in [2.45, 2.75) is 77.8 Å². The Morgan fingerprint density at radius 2 is 1.79 bits per heavy atom. The van der Waals surface area contributed by atoms with Gasteiger partial charge in [-0.2, -0.15) is 0 Å². The molecule has 2 rings (SSSR count). The van der Waals surface area contributed by atoms with Crippen LogP contribution in [-0.4, -0.2) is 36.6 Å². The van der Waals surface area contributed by atoms with Crippen molar-refractivity contribution in [2.75, 3.05) is 19.6 Å². The Kier molecular flexibility index (Phi) is 6.15. The third kappa shape index (κ3) is 4.75. The van der Waals surface area contributed by atoms with Crippen LogP contribution in [0.15, 0.2) is 0 Å². The van der Waals surface area contributed by atoms with E-state index >= 15 is 0 Å². The zero-order chi connectivity index (χ0) is 13.7. The summed E-state index contributed by atoms with van der Waals surface area (Å²) in [5.74, 6) is 1.76. The minimum Gasteiger partial charge on any atom is -0.314 e. The average Bonchev–Trinajstić information content (AvgIpc) is 2.41. The zero-order valence-corrected chi connectivity index (χ0v) is 13.3. The monoisotopic (exact) mass is 266 g/mol. The maximum absolute atomic E-state index is 3.77. The molecule has 0 amide bonds. The highest BCUT2D eigenvalue weighted by Crippen LogP contribution is 2.26. The number of piperidine rings is 1. The van der Waals surface area contributed by atoms with Crippen LogP contribution in [0.2, 0.25) is 0 Å². The van der Waals surface area contributed by atoms with Gasteiger partial charge in [0.15, 0.2) is 0 Å². The molecule has 1 aliphatic carbocycles. The second-order valence-corrected chi connectivity index (χ2v) is 7.20. The van der Waals surface area contributed by atoms with Gasteiger partial charge in [0.1, 0.15) is 0 Å². The first-order valence-electron chi connectivity index (χ1n) is 8.64. The van der Waals surface area contributed by atoms with Gasteiger partial charge in [-0.15, -0.1) is 0 Å². The first-order chi connectivity index (χ1) is 9.16. The third-order valence-corrected chi connectivity index (χ3v) is 5.38. The molecule has 0 radical (unpaired) electrons. The Morgan fingerprint density at radius 1 is 1.05 bits per heavy atom. The van der Waals surface area contributed by atoms with Crippen LogP contribution in [0.5, 0.6) is 0 Å². The lowest BCUT2D eigenvalue weighted by Crippen LogP contribution is -2.46. The van der Waals surface area contributed by atoms with Gasteiger partial charge < -0.3 is 10.2 Å². The van der Waals surface area contributed by atoms with E-state index in [0.717, 1.165) is 23.9 Å². The smallest absolute Gasteiger partial charge is 0.00927 e. The van der Waals surface area contributed by atoms with Gasteiger partial charge in [-0.3, -0.25) is 0 Å². The van der Waals surface area contributed by atoms with E-state index in [1.807, 2.05) is 0 Å². The highest BCUT2D eigenvalue weighted by atomic mass is 15.2. The molecule has 2 fully saturated rings. The molecule has 2 heteroatoms. The number of nitrogens with one attached hydrogen (secondary N) is 1. The molecule has 0 aromatic carbocycles. The lowest BCUT2D eigenvalue weighted by atomic mass is 9.86. The van der Waals surface area contributed by atoms with Gasteiger partial charge in [0.05, 0.1) is 0 Å². The van der Waals surface area contributed by atoms with Gasteiger partial charge in [-0.1, -0.05) is 33.1 Å². The van der Waals surface area contributed by atoms with E-state index in [1.165, 1.54) is 64.6 Å². The van der Waals surface area contributed by atoms with Crippen LogP contribution in [0, 0.1) is 11.8 Å². The van der Waals surface area contributed by atoms with Crippen molar-refractivity contribution < 1.29 is 0 Å². The molecule has 0 aromatic heterocycles. The van der Waals surface area contributed by atoms with E-state index in [2.05, 4.69) is 31.0 Å². The molecule has 0 bridgehead atoms. The lowest BCUT2D eigenvalue weighted by Gasteiger charge is -2.41. The van der Waals surface area contributed by atoms with Crippen LogP contribution in [0.25, 0.3) is 0 Å². The number of nitrogens with zero attached hydrogens (tertiary/aromatic N) is 1. The first kappa shape index (κ1) is 15.3. The molecule has 1 aliphatic heterocycles. The summed E-state index contributed by atoms with van der Waals surface area (Å²) < 4.78 is 0. The average molecular weight is 266 g/mol. The van der Waals surface area contributed by atoms with Crippen molar-refractivity contribution in [2.24, 2.45) is 11.8 Å². The molecular formula is C17H34N2. The summed E-state index contributed by atoms with van der Waals surface area (Å²) in [6, 6.07) is 1.61. The van der Waals surface area contributed by atoms with E-state index in [4.69, 9.17) is 0 Å². The molecule has 1 saturated heterocycles. The van der Waals surface area contributed by atoms with Gasteiger partial charge in [-0.25, -0.2) is 0 Å². The molecule has 2 aliphatic rings. The highest BCUT2D eigenvalue weighted by molar-refractivity contribution is 4.82. The summed E-state index contributed by atoms with van der Waals surface area (Å²) in [7, 11) is 0. The van der Waals surface area contributed by atoms with Crippen LogP contribution < -0.4 is 5.32 Å². The fraction of sp³-hybridized carbons (Fsp3) is 1.00. The van der Waals surface area contributed by atoms with Crippen molar-refractivity contribution in [3.63, 3.8) is 0 Å². The molecule has 0 spiro atoms. The van der Waals surface area contributed by atoms with Gasteiger partial charge >= 0.3 is 0 Å². The maximum Gasteiger partial charge on any atom is 0.00927 e. The molecule has 1 saturated carbocycles. The minimum absolute atomic E-state index is 0.783. The van der Waals surface area contributed by atoms with Crippen molar-refractivity contribution in [1.29, 1.82) is 0 Å². The van der Waals surface area contributed by atoms with Crippen LogP contribution in [0.3, 0.4) is 0 Å². The molecular weight excluding hydrogens is 232 g/mol. The maximum atomic E-state index is 3.77. The standard InChI is InChI=1S/C17H34N2/c1-14-12-15(2)16(3)19(13-14)11-7-10-18-17-8-5-4-6-9-17/h14-18H,4-13H2,1-3H3. The Bertz CT molecular complexity index is 248. The molecule has 19 heavy (non-hydrogen) atoms. The second-order valence-electron chi connectivity index (χ2n) is 7.20. The predicted molar refractivity (Wildman–Crippen MR) is 83.5 cm³/mol. The summed E-state index contributed by atoms with van der Waals surface area (Å²) in [6.45, 7) is 11.1. The Labute approximate surface area is 120 Å². The van der Waals surface area contributed by atoms with Gasteiger partial charge in [0.2, 0.25) is 0 Å². The Balaban J connectivity index is 1.61. The van der Waals surface area contributed by atoms with Gasteiger partial charge in [0, 0.05) is 18.6 Å². The molecule has 3 unspecified atom stereocenters. The summed E-state index contributed by atoms with van der Waals surface area (Å²) >= 11 is 0. The van der Waals surface area contributed by atoms with Crippen LogP contribution >= 0.6 is 0 Å². The second kappa shape index (κ2) is 7.64. The van der Waals surface area contributed by atoms with Crippen LogP contribution in [-0.2, 0) is 0 Å². The van der Waals surface area contributed by atoms with Crippen molar-refractivity contribution >= 4 is 0 Å². The number of likely N-dealkylation sites (tertiary alicyclic amines) is 1. The van der Waals surface area contributed by atoms with Crippen LogP contribution in [0.4, 0.5) is 0 Å². The molecule has 1 N–H and O–H groups in total. The molecule has 3 atom stereocenters. The Morgan fingerprint density at radius 3 is 2.53 bits per heavy atom. The highest BCUT2D eigenvalue weighted by Gasteiger charge is 2.28. The van der Waals surface area contributed by atoms with Crippen molar-refractivity contribution in [3.05, 3.63) is 0 Å². The fourth-order valence-corrected chi connectivity index (χ4v) is 4.02. The molecule has 112 valence electrons. The normalized spacial score (nSPS) is 34.6. The first-order valence-corrected chi connectivity index (χ1v) is 8.64. The molecule has 1 heterocycles. The number of hydrogen-bond donors (Lipinski definition) is 1. The van der Waals surface area contributed by atoms with E-state index in [0.29, 0.717) is 0 Å². The quantitative estimate of drug-likeness (QED) is 0.764. The van der Waals surface area contributed by atoms with Gasteiger partial charge in [-0.05, 0) is 57.5 Å². The molecule has 2 nitrogen and oxygen atoms in total. The van der Waals surface area contributed by atoms with Gasteiger partial charge in [0.25, 0.3) is 0 Å². The summed E-state index contributed by atoms with van der Waals surface area (Å²) in [4.78, 5) is 2.72. The zero-order valence-electron chi connectivity index (χ0n) is 13.3. The topological polar surface area (TPSA) is 15.3 Å². The summed E-state index contributed by atoms with van der Waals surface area (Å²) in [5.41, 5.74) is 0. The third-order valence-electron chi connectivity index (χ3n) is 5.38. The van der Waals surface area contributed by atoms with E-state index in [-0.39, 0.29) is 0 Å². The van der Waals surface area contributed by atoms with Crippen LogP contribution in [0.1, 0.15) is 65.7 Å². The van der Waals surface area contributed by atoms with Crippen molar-refractivity contribution in [1.82, 2.24) is 10.2 Å². The predicted octanol–water partition coefficient (Wildman–Crippen LogP) is 3.67. The lowest BCUT2D eigenvalue weighted by molar-refractivity contribution is 0.0785. The minimum atomic E-state index is 0.783. The van der Waals surface area contributed by atoms with E-state index < -0.39 is 0 Å².